The normalized spacial score (nSPS) is 43.3. The minimum Gasteiger partial charge on any atom is -0.339 e. The Bertz CT molecular complexity index is 414. The maximum absolute atomic E-state index is 13.2. The van der Waals surface area contributed by atoms with E-state index in [4.69, 9.17) is 5.73 Å². The zero-order valence-electron chi connectivity index (χ0n) is 14.3. The standard InChI is InChI=1S/C19H32N2O.ClH/c20-18-14-6-3-7-15(18)12-16(11-14)19(22)21-10-4-8-13-5-1-2-9-17(13)21;/h13-18H,1-12,20H2;1H/t13-,14?,15?,16?,17-,18?;/m1./s1. The molecule has 0 aromatic heterocycles. The summed E-state index contributed by atoms with van der Waals surface area (Å²) < 4.78 is 0. The van der Waals surface area contributed by atoms with Gasteiger partial charge in [0.2, 0.25) is 5.91 Å². The molecule has 4 rings (SSSR count). The van der Waals surface area contributed by atoms with E-state index in [-0.39, 0.29) is 18.3 Å². The Morgan fingerprint density at radius 1 is 0.826 bits per heavy atom. The Morgan fingerprint density at radius 3 is 2.17 bits per heavy atom. The van der Waals surface area contributed by atoms with Crippen LogP contribution in [-0.2, 0) is 4.79 Å². The van der Waals surface area contributed by atoms with Gasteiger partial charge in [0, 0.05) is 24.5 Å². The van der Waals surface area contributed by atoms with Crippen molar-refractivity contribution in [2.75, 3.05) is 6.54 Å². The summed E-state index contributed by atoms with van der Waals surface area (Å²) in [6, 6.07) is 0.951. The fourth-order valence-electron chi connectivity index (χ4n) is 6.12. The van der Waals surface area contributed by atoms with Crippen LogP contribution in [-0.4, -0.2) is 29.4 Å². The summed E-state index contributed by atoms with van der Waals surface area (Å²) >= 11 is 0. The van der Waals surface area contributed by atoms with Crippen molar-refractivity contribution in [1.29, 1.82) is 0 Å². The first kappa shape index (κ1) is 17.5. The molecule has 4 heteroatoms. The van der Waals surface area contributed by atoms with Crippen LogP contribution >= 0.6 is 12.4 Å². The van der Waals surface area contributed by atoms with Gasteiger partial charge in [0.25, 0.3) is 0 Å². The zero-order chi connectivity index (χ0) is 15.1. The summed E-state index contributed by atoms with van der Waals surface area (Å²) in [6.07, 6.45) is 13.9. The first-order chi connectivity index (χ1) is 10.7. The molecule has 4 aliphatic rings. The van der Waals surface area contributed by atoms with Crippen LogP contribution in [0.25, 0.3) is 0 Å². The summed E-state index contributed by atoms with van der Waals surface area (Å²) in [5.41, 5.74) is 6.41. The molecule has 0 aromatic carbocycles. The van der Waals surface area contributed by atoms with E-state index in [1.54, 1.807) is 0 Å². The van der Waals surface area contributed by atoms with Crippen molar-refractivity contribution in [3.05, 3.63) is 0 Å². The molecule has 132 valence electrons. The lowest BCUT2D eigenvalue weighted by Gasteiger charge is -2.48. The van der Waals surface area contributed by atoms with Gasteiger partial charge in [0.1, 0.15) is 0 Å². The van der Waals surface area contributed by atoms with Crippen LogP contribution in [0.3, 0.4) is 0 Å². The fraction of sp³-hybridized carbons (Fsp3) is 0.947. The molecule has 2 unspecified atom stereocenters. The maximum Gasteiger partial charge on any atom is 0.225 e. The van der Waals surface area contributed by atoms with Gasteiger partial charge in [0.15, 0.2) is 0 Å². The molecule has 1 saturated heterocycles. The number of halogens is 1. The van der Waals surface area contributed by atoms with Gasteiger partial charge in [-0.3, -0.25) is 4.79 Å². The smallest absolute Gasteiger partial charge is 0.225 e. The Morgan fingerprint density at radius 2 is 1.43 bits per heavy atom. The highest BCUT2D eigenvalue weighted by Gasteiger charge is 2.44. The Balaban J connectivity index is 0.00000156. The number of piperidine rings is 1. The highest BCUT2D eigenvalue weighted by atomic mass is 35.5. The van der Waals surface area contributed by atoms with Gasteiger partial charge in [-0.05, 0) is 69.1 Å². The molecule has 3 saturated carbocycles. The lowest BCUT2D eigenvalue weighted by Crippen LogP contribution is -2.54. The third kappa shape index (κ3) is 3.28. The van der Waals surface area contributed by atoms with E-state index in [1.165, 1.54) is 57.8 Å². The van der Waals surface area contributed by atoms with E-state index in [1.807, 2.05) is 0 Å². The summed E-state index contributed by atoms with van der Waals surface area (Å²) in [4.78, 5) is 15.6. The van der Waals surface area contributed by atoms with Crippen molar-refractivity contribution < 1.29 is 4.79 Å². The second-order valence-corrected chi connectivity index (χ2v) is 8.48. The molecule has 0 spiro atoms. The number of rotatable bonds is 1. The highest BCUT2D eigenvalue weighted by Crippen LogP contribution is 2.44. The number of hydrogen-bond donors (Lipinski definition) is 1. The number of nitrogens with zero attached hydrogens (tertiary/aromatic N) is 1. The van der Waals surface area contributed by atoms with Gasteiger partial charge in [0.05, 0.1) is 0 Å². The molecule has 23 heavy (non-hydrogen) atoms. The number of carbonyl (C=O) groups is 1. The van der Waals surface area contributed by atoms with Crippen LogP contribution < -0.4 is 5.73 Å². The predicted molar refractivity (Wildman–Crippen MR) is 95.5 cm³/mol. The van der Waals surface area contributed by atoms with Crippen LogP contribution in [0, 0.1) is 23.7 Å². The second-order valence-electron chi connectivity index (χ2n) is 8.48. The van der Waals surface area contributed by atoms with Gasteiger partial charge in [-0.1, -0.05) is 19.3 Å². The SMILES string of the molecule is Cl.NC1C2CCCC1CC(C(=O)N1CCC[C@H]3CCCC[C@H]31)C2. The zero-order valence-corrected chi connectivity index (χ0v) is 15.1. The molecule has 2 N–H and O–H groups in total. The quantitative estimate of drug-likeness (QED) is 0.790. The van der Waals surface area contributed by atoms with E-state index in [0.29, 0.717) is 29.8 Å². The average molecular weight is 341 g/mol. The van der Waals surface area contributed by atoms with Crippen molar-refractivity contribution >= 4 is 18.3 Å². The number of amides is 1. The molecule has 3 nitrogen and oxygen atoms in total. The average Bonchev–Trinajstić information content (AvgIpc) is 2.53. The Labute approximate surface area is 147 Å². The number of carbonyl (C=O) groups excluding carboxylic acids is 1. The van der Waals surface area contributed by atoms with Gasteiger partial charge >= 0.3 is 0 Å². The molecule has 0 aromatic rings. The third-order valence-corrected chi connectivity index (χ3v) is 7.29. The van der Waals surface area contributed by atoms with E-state index >= 15 is 0 Å². The van der Waals surface area contributed by atoms with Gasteiger partial charge in [-0.15, -0.1) is 12.4 Å². The largest absolute Gasteiger partial charge is 0.339 e. The third-order valence-electron chi connectivity index (χ3n) is 7.29. The van der Waals surface area contributed by atoms with E-state index in [2.05, 4.69) is 4.90 Å². The molecular formula is C19H33ClN2O. The number of fused-ring (bicyclic) bond motifs is 3. The summed E-state index contributed by atoms with van der Waals surface area (Å²) in [5, 5.41) is 0. The van der Waals surface area contributed by atoms with Crippen LogP contribution in [0.1, 0.15) is 70.6 Å². The summed E-state index contributed by atoms with van der Waals surface area (Å²) in [6.45, 7) is 1.03. The van der Waals surface area contributed by atoms with Crippen LogP contribution in [0.15, 0.2) is 0 Å². The van der Waals surface area contributed by atoms with Crippen molar-refractivity contribution in [2.45, 2.75) is 82.7 Å². The number of nitrogens with two attached hydrogens (primary N) is 1. The lowest BCUT2D eigenvalue weighted by atomic mass is 9.64. The van der Waals surface area contributed by atoms with Crippen LogP contribution in [0.5, 0.6) is 0 Å². The van der Waals surface area contributed by atoms with Crippen molar-refractivity contribution in [3.63, 3.8) is 0 Å². The summed E-state index contributed by atoms with van der Waals surface area (Å²) in [5.74, 6) is 2.83. The molecule has 1 amide bonds. The molecular weight excluding hydrogens is 308 g/mol. The fourth-order valence-corrected chi connectivity index (χ4v) is 6.12. The lowest BCUT2D eigenvalue weighted by molar-refractivity contribution is -0.145. The highest BCUT2D eigenvalue weighted by molar-refractivity contribution is 5.85. The minimum atomic E-state index is 0. The van der Waals surface area contributed by atoms with E-state index in [0.717, 1.165) is 25.3 Å². The first-order valence-electron chi connectivity index (χ1n) is 9.80. The number of likely N-dealkylation sites (tertiary alicyclic amines) is 1. The van der Waals surface area contributed by atoms with Gasteiger partial charge < -0.3 is 10.6 Å². The van der Waals surface area contributed by atoms with Crippen molar-refractivity contribution in [2.24, 2.45) is 29.4 Å². The second kappa shape index (κ2) is 7.31. The van der Waals surface area contributed by atoms with Crippen LogP contribution in [0.2, 0.25) is 0 Å². The monoisotopic (exact) mass is 340 g/mol. The van der Waals surface area contributed by atoms with E-state index < -0.39 is 0 Å². The topological polar surface area (TPSA) is 46.3 Å². The van der Waals surface area contributed by atoms with Gasteiger partial charge in [-0.2, -0.15) is 0 Å². The molecule has 3 aliphatic carbocycles. The Hall–Kier alpha value is -0.280. The molecule has 1 heterocycles. The molecule has 0 radical (unpaired) electrons. The van der Waals surface area contributed by atoms with Gasteiger partial charge in [-0.25, -0.2) is 0 Å². The molecule has 1 aliphatic heterocycles. The van der Waals surface area contributed by atoms with Crippen LogP contribution in [0.4, 0.5) is 0 Å². The maximum atomic E-state index is 13.2. The summed E-state index contributed by atoms with van der Waals surface area (Å²) in [7, 11) is 0. The van der Waals surface area contributed by atoms with Crippen molar-refractivity contribution in [1.82, 2.24) is 4.90 Å². The Kier molecular flexibility index (Phi) is 5.57. The van der Waals surface area contributed by atoms with Crippen molar-refractivity contribution in [3.8, 4) is 0 Å². The molecule has 2 bridgehead atoms. The predicted octanol–water partition coefficient (Wildman–Crippen LogP) is 3.74. The molecule has 4 fully saturated rings. The molecule has 4 atom stereocenters. The van der Waals surface area contributed by atoms with E-state index in [9.17, 15) is 4.79 Å². The minimum absolute atomic E-state index is 0. The first-order valence-corrected chi connectivity index (χ1v) is 9.80. The number of hydrogen-bond acceptors (Lipinski definition) is 2.